The van der Waals surface area contributed by atoms with Crippen LogP contribution < -0.4 is 9.62 Å². The SMILES string of the molecule is CCc1ccc(NS(=O)(=O)c2ccc3c(c2)C[C@H](C)N3C(=O)C2CCC2)cc1. The molecule has 1 heterocycles. The van der Waals surface area contributed by atoms with Crippen molar-refractivity contribution in [1.82, 2.24) is 0 Å². The van der Waals surface area contributed by atoms with Crippen LogP contribution in [0.25, 0.3) is 0 Å². The van der Waals surface area contributed by atoms with Gasteiger partial charge in [0.1, 0.15) is 0 Å². The quantitative estimate of drug-likeness (QED) is 0.824. The van der Waals surface area contributed by atoms with E-state index in [1.807, 2.05) is 24.0 Å². The Bertz CT molecular complexity index is 995. The van der Waals surface area contributed by atoms with Crippen molar-refractivity contribution in [3.63, 3.8) is 0 Å². The van der Waals surface area contributed by atoms with E-state index in [-0.39, 0.29) is 22.8 Å². The number of amides is 1. The minimum absolute atomic E-state index is 0.0654. The monoisotopic (exact) mass is 398 g/mol. The van der Waals surface area contributed by atoms with Gasteiger partial charge in [-0.1, -0.05) is 25.5 Å². The molecule has 1 amide bonds. The van der Waals surface area contributed by atoms with E-state index in [0.717, 1.165) is 42.5 Å². The van der Waals surface area contributed by atoms with E-state index in [1.165, 1.54) is 0 Å². The number of carbonyl (C=O) groups excluding carboxylic acids is 1. The van der Waals surface area contributed by atoms with Gasteiger partial charge in [-0.05, 0) is 74.1 Å². The summed E-state index contributed by atoms with van der Waals surface area (Å²) < 4.78 is 28.3. The van der Waals surface area contributed by atoms with Crippen molar-refractivity contribution < 1.29 is 13.2 Å². The number of nitrogens with one attached hydrogen (secondary N) is 1. The molecule has 148 valence electrons. The summed E-state index contributed by atoms with van der Waals surface area (Å²) in [7, 11) is -3.67. The lowest BCUT2D eigenvalue weighted by Crippen LogP contribution is -2.42. The summed E-state index contributed by atoms with van der Waals surface area (Å²) in [6.07, 6.45) is 4.64. The predicted octanol–water partition coefficient (Wildman–Crippen LogP) is 4.13. The lowest BCUT2D eigenvalue weighted by Gasteiger charge is -2.32. The zero-order valence-electron chi connectivity index (χ0n) is 16.3. The Morgan fingerprint density at radius 2 is 1.86 bits per heavy atom. The topological polar surface area (TPSA) is 66.5 Å². The van der Waals surface area contributed by atoms with Crippen molar-refractivity contribution in [3.05, 3.63) is 53.6 Å². The predicted molar refractivity (Wildman–Crippen MR) is 111 cm³/mol. The first-order valence-electron chi connectivity index (χ1n) is 9.97. The zero-order chi connectivity index (χ0) is 19.9. The maximum atomic E-state index is 12.8. The number of hydrogen-bond acceptors (Lipinski definition) is 3. The Balaban J connectivity index is 1.58. The Morgan fingerprint density at radius 1 is 1.14 bits per heavy atom. The first-order chi connectivity index (χ1) is 13.4. The van der Waals surface area contributed by atoms with Gasteiger partial charge in [-0.25, -0.2) is 8.42 Å². The molecule has 0 radical (unpaired) electrons. The summed E-state index contributed by atoms with van der Waals surface area (Å²) in [4.78, 5) is 14.9. The highest BCUT2D eigenvalue weighted by Gasteiger charge is 2.37. The summed E-state index contributed by atoms with van der Waals surface area (Å²) in [6.45, 7) is 4.09. The van der Waals surface area contributed by atoms with Crippen molar-refractivity contribution in [3.8, 4) is 0 Å². The molecule has 1 saturated carbocycles. The van der Waals surface area contributed by atoms with Crippen molar-refractivity contribution in [2.24, 2.45) is 5.92 Å². The number of rotatable bonds is 5. The van der Waals surface area contributed by atoms with Crippen LogP contribution in [-0.4, -0.2) is 20.4 Å². The minimum atomic E-state index is -3.67. The van der Waals surface area contributed by atoms with Gasteiger partial charge < -0.3 is 4.90 Å². The molecule has 0 aromatic heterocycles. The third-order valence-corrected chi connectivity index (χ3v) is 7.26. The van der Waals surface area contributed by atoms with Gasteiger partial charge in [0.05, 0.1) is 4.90 Å². The molecular weight excluding hydrogens is 372 g/mol. The number of anilines is 2. The normalized spacial score (nSPS) is 19.2. The van der Waals surface area contributed by atoms with Crippen molar-refractivity contribution >= 4 is 27.3 Å². The van der Waals surface area contributed by atoms with Crippen LogP contribution in [0.15, 0.2) is 47.4 Å². The highest BCUT2D eigenvalue weighted by molar-refractivity contribution is 7.92. The van der Waals surface area contributed by atoms with Gasteiger partial charge in [-0.3, -0.25) is 9.52 Å². The number of hydrogen-bond donors (Lipinski definition) is 1. The maximum Gasteiger partial charge on any atom is 0.261 e. The van der Waals surface area contributed by atoms with Crippen LogP contribution in [0.3, 0.4) is 0 Å². The van der Waals surface area contributed by atoms with Crippen LogP contribution in [0.5, 0.6) is 0 Å². The first kappa shape index (κ1) is 19.0. The molecule has 0 unspecified atom stereocenters. The van der Waals surface area contributed by atoms with E-state index < -0.39 is 10.0 Å². The van der Waals surface area contributed by atoms with Gasteiger partial charge in [0, 0.05) is 23.3 Å². The average Bonchev–Trinajstić information content (AvgIpc) is 2.95. The van der Waals surface area contributed by atoms with Crippen LogP contribution in [0, 0.1) is 5.92 Å². The van der Waals surface area contributed by atoms with Crippen molar-refractivity contribution in [2.45, 2.75) is 56.9 Å². The van der Waals surface area contributed by atoms with Crippen LogP contribution in [0.2, 0.25) is 0 Å². The fourth-order valence-corrected chi connectivity index (χ4v) is 5.09. The van der Waals surface area contributed by atoms with E-state index in [9.17, 15) is 13.2 Å². The molecule has 0 saturated heterocycles. The number of benzene rings is 2. The van der Waals surface area contributed by atoms with Crippen LogP contribution in [0.1, 0.15) is 44.2 Å². The molecule has 5 nitrogen and oxygen atoms in total. The number of aryl methyl sites for hydroxylation is 1. The number of nitrogens with zero attached hydrogens (tertiary/aromatic N) is 1. The highest BCUT2D eigenvalue weighted by Crippen LogP contribution is 2.38. The minimum Gasteiger partial charge on any atom is -0.309 e. The molecule has 28 heavy (non-hydrogen) atoms. The average molecular weight is 399 g/mol. The van der Waals surface area contributed by atoms with Crippen molar-refractivity contribution in [2.75, 3.05) is 9.62 Å². The third kappa shape index (κ3) is 3.41. The fourth-order valence-electron chi connectivity index (χ4n) is 3.98. The molecule has 1 atom stereocenters. The Kier molecular flexibility index (Phi) is 4.91. The second-order valence-electron chi connectivity index (χ2n) is 7.84. The number of carbonyl (C=O) groups is 1. The molecule has 0 spiro atoms. The molecule has 2 aromatic rings. The molecule has 1 aliphatic carbocycles. The van der Waals surface area contributed by atoms with Crippen LogP contribution in [0.4, 0.5) is 11.4 Å². The smallest absolute Gasteiger partial charge is 0.261 e. The first-order valence-corrected chi connectivity index (χ1v) is 11.4. The second-order valence-corrected chi connectivity index (χ2v) is 9.52. The van der Waals surface area contributed by atoms with E-state index in [4.69, 9.17) is 0 Å². The third-order valence-electron chi connectivity index (χ3n) is 5.88. The fraction of sp³-hybridized carbons (Fsp3) is 0.409. The summed E-state index contributed by atoms with van der Waals surface area (Å²) in [6, 6.07) is 12.6. The molecule has 1 aliphatic heterocycles. The standard InChI is InChI=1S/C22H26N2O3S/c1-3-16-7-9-19(10-8-16)23-28(26,27)20-11-12-21-18(14-20)13-15(2)24(21)22(25)17-5-4-6-17/h7-12,14-15,17,23H,3-6,13H2,1-2H3/t15-/m0/s1. The van der Waals surface area contributed by atoms with Gasteiger partial charge in [-0.2, -0.15) is 0 Å². The number of fused-ring (bicyclic) bond motifs is 1. The molecule has 1 fully saturated rings. The zero-order valence-corrected chi connectivity index (χ0v) is 17.1. The van der Waals surface area contributed by atoms with Gasteiger partial charge in [0.25, 0.3) is 10.0 Å². The second kappa shape index (κ2) is 7.24. The van der Waals surface area contributed by atoms with E-state index in [1.54, 1.807) is 30.3 Å². The molecule has 2 aliphatic rings. The number of sulfonamides is 1. The van der Waals surface area contributed by atoms with Gasteiger partial charge >= 0.3 is 0 Å². The van der Waals surface area contributed by atoms with E-state index in [0.29, 0.717) is 12.1 Å². The maximum absolute atomic E-state index is 12.8. The molecular formula is C22H26N2O3S. The summed E-state index contributed by atoms with van der Waals surface area (Å²) in [5, 5.41) is 0. The lowest BCUT2D eigenvalue weighted by molar-refractivity contribution is -0.125. The Hall–Kier alpha value is -2.34. The summed E-state index contributed by atoms with van der Waals surface area (Å²) in [5.74, 6) is 0.312. The molecule has 4 rings (SSSR count). The van der Waals surface area contributed by atoms with Gasteiger partial charge in [0.2, 0.25) is 5.91 Å². The lowest BCUT2D eigenvalue weighted by atomic mass is 9.84. The van der Waals surface area contributed by atoms with E-state index >= 15 is 0 Å². The van der Waals surface area contributed by atoms with Gasteiger partial charge in [-0.15, -0.1) is 0 Å². The molecule has 2 aromatic carbocycles. The Morgan fingerprint density at radius 3 is 2.46 bits per heavy atom. The van der Waals surface area contributed by atoms with Crippen molar-refractivity contribution in [1.29, 1.82) is 0 Å². The molecule has 1 N–H and O–H groups in total. The largest absolute Gasteiger partial charge is 0.309 e. The Labute approximate surface area is 166 Å². The molecule has 6 heteroatoms. The summed E-state index contributed by atoms with van der Waals surface area (Å²) >= 11 is 0. The van der Waals surface area contributed by atoms with Gasteiger partial charge in [0.15, 0.2) is 0 Å². The summed E-state index contributed by atoms with van der Waals surface area (Å²) in [5.41, 5.74) is 3.48. The van der Waals surface area contributed by atoms with Crippen LogP contribution >= 0.6 is 0 Å². The molecule has 0 bridgehead atoms. The highest BCUT2D eigenvalue weighted by atomic mass is 32.2. The van der Waals surface area contributed by atoms with E-state index in [2.05, 4.69) is 11.6 Å². The van der Waals surface area contributed by atoms with Crippen LogP contribution in [-0.2, 0) is 27.7 Å².